The molecule has 0 radical (unpaired) electrons. The van der Waals surface area contributed by atoms with E-state index < -0.39 is 5.82 Å². The molecule has 106 valence electrons. The molecule has 3 rings (SSSR count). The minimum Gasteiger partial charge on any atom is -0.382 e. The molecule has 0 aliphatic rings. The highest BCUT2D eigenvalue weighted by Gasteiger charge is 2.20. The first-order chi connectivity index (χ1) is 10.1. The number of anilines is 1. The van der Waals surface area contributed by atoms with Crippen LogP contribution in [-0.4, -0.2) is 15.2 Å². The summed E-state index contributed by atoms with van der Waals surface area (Å²) in [4.78, 5) is 4.14. The minimum atomic E-state index is -0.442. The van der Waals surface area contributed by atoms with Crippen LogP contribution in [0.5, 0.6) is 0 Å². The zero-order valence-corrected chi connectivity index (χ0v) is 11.9. The summed E-state index contributed by atoms with van der Waals surface area (Å²) in [5.41, 5.74) is 8.89. The van der Waals surface area contributed by atoms with Crippen molar-refractivity contribution in [3.63, 3.8) is 0 Å². The van der Waals surface area contributed by atoms with E-state index in [1.54, 1.807) is 24.4 Å². The van der Waals surface area contributed by atoms with Crippen molar-refractivity contribution in [2.24, 2.45) is 0 Å². The zero-order chi connectivity index (χ0) is 15.0. The van der Waals surface area contributed by atoms with Crippen molar-refractivity contribution in [1.29, 1.82) is 0 Å². The maximum absolute atomic E-state index is 14.2. The fraction of sp³-hybridized carbons (Fsp3) is 0.0667. The van der Waals surface area contributed by atoms with E-state index in [-0.39, 0.29) is 16.4 Å². The molecule has 21 heavy (non-hydrogen) atoms. The molecule has 4 nitrogen and oxygen atoms in total. The number of nitrogens with two attached hydrogens (primary N) is 1. The normalized spacial score (nSPS) is 10.8. The molecule has 0 aliphatic carbocycles. The van der Waals surface area contributed by atoms with E-state index in [2.05, 4.69) is 15.2 Å². The van der Waals surface area contributed by atoms with Gasteiger partial charge >= 0.3 is 0 Å². The quantitative estimate of drug-likeness (QED) is 0.756. The van der Waals surface area contributed by atoms with E-state index in [0.29, 0.717) is 11.3 Å². The Morgan fingerprint density at radius 1 is 1.24 bits per heavy atom. The highest BCUT2D eigenvalue weighted by atomic mass is 35.5. The van der Waals surface area contributed by atoms with Gasteiger partial charge in [0.15, 0.2) is 5.82 Å². The summed E-state index contributed by atoms with van der Waals surface area (Å²) in [5.74, 6) is -0.242. The number of hydrogen-bond donors (Lipinski definition) is 2. The second-order valence-electron chi connectivity index (χ2n) is 4.64. The van der Waals surface area contributed by atoms with E-state index in [0.717, 1.165) is 11.3 Å². The Kier molecular flexibility index (Phi) is 3.35. The van der Waals surface area contributed by atoms with Crippen molar-refractivity contribution < 1.29 is 4.39 Å². The van der Waals surface area contributed by atoms with Crippen LogP contribution >= 0.6 is 11.6 Å². The summed E-state index contributed by atoms with van der Waals surface area (Å²) < 4.78 is 14.2. The number of pyridine rings is 1. The Morgan fingerprint density at radius 2 is 2.05 bits per heavy atom. The Morgan fingerprint density at radius 3 is 2.76 bits per heavy atom. The lowest BCUT2D eigenvalue weighted by atomic mass is 10.0. The van der Waals surface area contributed by atoms with Crippen LogP contribution in [-0.2, 0) is 0 Å². The smallest absolute Gasteiger partial charge is 0.153 e. The third kappa shape index (κ3) is 2.36. The molecule has 6 heteroatoms. The highest BCUT2D eigenvalue weighted by Crippen LogP contribution is 2.39. The van der Waals surface area contributed by atoms with Gasteiger partial charge in [0, 0.05) is 23.0 Å². The molecule has 0 saturated carbocycles. The van der Waals surface area contributed by atoms with Crippen LogP contribution in [0.3, 0.4) is 0 Å². The number of halogens is 2. The fourth-order valence-corrected chi connectivity index (χ4v) is 2.51. The number of hydrogen-bond acceptors (Lipinski definition) is 3. The van der Waals surface area contributed by atoms with Crippen LogP contribution in [0.15, 0.2) is 36.5 Å². The van der Waals surface area contributed by atoms with E-state index in [1.165, 1.54) is 6.07 Å². The van der Waals surface area contributed by atoms with Crippen molar-refractivity contribution in [2.75, 3.05) is 5.73 Å². The zero-order valence-electron chi connectivity index (χ0n) is 11.2. The minimum absolute atomic E-state index is 0.200. The topological polar surface area (TPSA) is 67.6 Å². The molecule has 0 bridgehead atoms. The van der Waals surface area contributed by atoms with E-state index >= 15 is 0 Å². The maximum Gasteiger partial charge on any atom is 0.153 e. The number of benzene rings is 1. The largest absolute Gasteiger partial charge is 0.382 e. The van der Waals surface area contributed by atoms with Crippen molar-refractivity contribution in [3.8, 4) is 22.4 Å². The Hall–Kier alpha value is -2.40. The van der Waals surface area contributed by atoms with Gasteiger partial charge in [0.1, 0.15) is 5.82 Å². The second kappa shape index (κ2) is 5.18. The van der Waals surface area contributed by atoms with Gasteiger partial charge in [-0.25, -0.2) is 4.39 Å². The summed E-state index contributed by atoms with van der Waals surface area (Å²) >= 11 is 6.13. The summed E-state index contributed by atoms with van der Waals surface area (Å²) in [6.07, 6.45) is 1.68. The molecular formula is C15H12ClFN4. The van der Waals surface area contributed by atoms with Gasteiger partial charge in [0.05, 0.1) is 16.3 Å². The molecule has 3 N–H and O–H groups in total. The molecule has 0 unspecified atom stereocenters. The number of H-pyrrole nitrogens is 1. The average molecular weight is 303 g/mol. The van der Waals surface area contributed by atoms with Crippen molar-refractivity contribution >= 4 is 17.4 Å². The fourth-order valence-electron chi connectivity index (χ4n) is 2.26. The Balaban J connectivity index is 2.28. The Bertz CT molecular complexity index is 793. The van der Waals surface area contributed by atoms with Gasteiger partial charge in [0.2, 0.25) is 0 Å². The van der Waals surface area contributed by atoms with Crippen molar-refractivity contribution in [3.05, 3.63) is 53.1 Å². The van der Waals surface area contributed by atoms with Crippen LogP contribution < -0.4 is 5.73 Å². The Labute approximate surface area is 125 Å². The molecule has 2 heterocycles. The van der Waals surface area contributed by atoms with Crippen LogP contribution in [0, 0.1) is 12.7 Å². The van der Waals surface area contributed by atoms with Crippen LogP contribution in [0.2, 0.25) is 5.02 Å². The summed E-state index contributed by atoms with van der Waals surface area (Å²) in [6.45, 7) is 1.87. The number of nitrogens with one attached hydrogen (secondary N) is 1. The van der Waals surface area contributed by atoms with Crippen LogP contribution in [0.4, 0.5) is 10.2 Å². The lowest BCUT2D eigenvalue weighted by Gasteiger charge is -2.08. The standard InChI is InChI=1S/C15H12ClFN4/c1-8-7-9(5-6-19-8)14-13(15(18)21-20-14)12-10(16)3-2-4-11(12)17/h2-7H,1H3,(H3,18,20,21). The summed E-state index contributed by atoms with van der Waals surface area (Å²) in [7, 11) is 0. The van der Waals surface area contributed by atoms with Crippen molar-refractivity contribution in [1.82, 2.24) is 15.2 Å². The molecule has 0 amide bonds. The van der Waals surface area contributed by atoms with Crippen LogP contribution in [0.25, 0.3) is 22.4 Å². The molecule has 1 aromatic carbocycles. The lowest BCUT2D eigenvalue weighted by Crippen LogP contribution is -1.93. The number of nitrogen functional groups attached to an aromatic ring is 1. The molecule has 3 aromatic rings. The predicted molar refractivity (Wildman–Crippen MR) is 81.4 cm³/mol. The van der Waals surface area contributed by atoms with E-state index in [1.807, 2.05) is 13.0 Å². The first kappa shape index (κ1) is 13.6. The highest BCUT2D eigenvalue weighted by molar-refractivity contribution is 6.33. The third-order valence-electron chi connectivity index (χ3n) is 3.19. The van der Waals surface area contributed by atoms with Gasteiger partial charge in [-0.05, 0) is 31.2 Å². The number of aromatic nitrogens is 3. The SMILES string of the molecule is Cc1cc(-c2[nH]nc(N)c2-c2c(F)cccc2Cl)ccn1. The van der Waals surface area contributed by atoms with E-state index in [9.17, 15) is 4.39 Å². The molecule has 0 saturated heterocycles. The van der Waals surface area contributed by atoms with Gasteiger partial charge in [-0.15, -0.1) is 0 Å². The van der Waals surface area contributed by atoms with Gasteiger partial charge in [-0.1, -0.05) is 17.7 Å². The number of rotatable bonds is 2. The van der Waals surface area contributed by atoms with Gasteiger partial charge in [0.25, 0.3) is 0 Å². The summed E-state index contributed by atoms with van der Waals surface area (Å²) in [6, 6.07) is 8.18. The molecular weight excluding hydrogens is 291 g/mol. The predicted octanol–water partition coefficient (Wildman–Crippen LogP) is 3.82. The van der Waals surface area contributed by atoms with Crippen LogP contribution in [0.1, 0.15) is 5.69 Å². The second-order valence-corrected chi connectivity index (χ2v) is 5.05. The summed E-state index contributed by atoms with van der Waals surface area (Å²) in [5, 5.41) is 7.12. The first-order valence-corrected chi connectivity index (χ1v) is 6.67. The van der Waals surface area contributed by atoms with E-state index in [4.69, 9.17) is 17.3 Å². The van der Waals surface area contributed by atoms with Gasteiger partial charge < -0.3 is 5.73 Å². The molecule has 0 fully saturated rings. The van der Waals surface area contributed by atoms with Gasteiger partial charge in [-0.3, -0.25) is 10.1 Å². The monoisotopic (exact) mass is 302 g/mol. The number of aryl methyl sites for hydroxylation is 1. The van der Waals surface area contributed by atoms with Gasteiger partial charge in [-0.2, -0.15) is 5.10 Å². The van der Waals surface area contributed by atoms with Crippen molar-refractivity contribution in [2.45, 2.75) is 6.92 Å². The molecule has 2 aromatic heterocycles. The number of nitrogens with zero attached hydrogens (tertiary/aromatic N) is 2. The molecule has 0 spiro atoms. The maximum atomic E-state index is 14.2. The average Bonchev–Trinajstić information content (AvgIpc) is 2.81. The third-order valence-corrected chi connectivity index (χ3v) is 3.51. The lowest BCUT2D eigenvalue weighted by molar-refractivity contribution is 0.631. The molecule has 0 atom stereocenters. The molecule has 0 aliphatic heterocycles. The first-order valence-electron chi connectivity index (χ1n) is 6.29. The number of aromatic amines is 1.